The van der Waals surface area contributed by atoms with E-state index in [4.69, 9.17) is 4.74 Å². The number of benzene rings is 2. The minimum absolute atomic E-state index is 0.110. The van der Waals surface area contributed by atoms with Gasteiger partial charge < -0.3 is 14.9 Å². The van der Waals surface area contributed by atoms with Crippen molar-refractivity contribution in [2.75, 3.05) is 13.2 Å². The number of rotatable bonds is 6. The van der Waals surface area contributed by atoms with Crippen LogP contribution in [0.15, 0.2) is 54.6 Å². The predicted octanol–water partition coefficient (Wildman–Crippen LogP) is 3.37. The molecule has 0 fully saturated rings. The van der Waals surface area contributed by atoms with E-state index in [9.17, 15) is 10.2 Å². The smallest absolute Gasteiger partial charge is 0.157 e. The normalized spacial score (nSPS) is 11.0. The van der Waals surface area contributed by atoms with Crippen LogP contribution in [-0.4, -0.2) is 23.4 Å². The number of hydrogen-bond donors (Lipinski definition) is 2. The molecule has 0 aliphatic heterocycles. The van der Waals surface area contributed by atoms with Crippen LogP contribution in [0.5, 0.6) is 11.5 Å². The van der Waals surface area contributed by atoms with E-state index < -0.39 is 0 Å². The van der Waals surface area contributed by atoms with E-state index >= 15 is 0 Å². The minimum Gasteiger partial charge on any atom is -0.504 e. The molecule has 0 aliphatic carbocycles. The lowest BCUT2D eigenvalue weighted by Gasteiger charge is -2.02. The number of phenols is 2. The van der Waals surface area contributed by atoms with E-state index in [2.05, 4.69) is 12.1 Å². The van der Waals surface area contributed by atoms with E-state index in [-0.39, 0.29) is 11.5 Å². The second-order valence-corrected chi connectivity index (χ2v) is 4.46. The Morgan fingerprint density at radius 2 is 1.75 bits per heavy atom. The average Bonchev–Trinajstić information content (AvgIpc) is 2.47. The van der Waals surface area contributed by atoms with Gasteiger partial charge in [-0.05, 0) is 29.7 Å². The van der Waals surface area contributed by atoms with Crippen molar-refractivity contribution in [3.8, 4) is 11.5 Å². The quantitative estimate of drug-likeness (QED) is 0.625. The fourth-order valence-corrected chi connectivity index (χ4v) is 1.81. The van der Waals surface area contributed by atoms with Crippen LogP contribution in [-0.2, 0) is 11.2 Å². The third-order valence-electron chi connectivity index (χ3n) is 2.90. The zero-order chi connectivity index (χ0) is 14.2. The SMILES string of the molecule is Oc1ccc(/C=C/COCCc2ccccc2)cc1O. The monoisotopic (exact) mass is 270 g/mol. The van der Waals surface area contributed by atoms with Crippen LogP contribution in [0.25, 0.3) is 6.08 Å². The Morgan fingerprint density at radius 3 is 2.50 bits per heavy atom. The van der Waals surface area contributed by atoms with Crippen LogP contribution in [0.3, 0.4) is 0 Å². The first kappa shape index (κ1) is 14.2. The van der Waals surface area contributed by atoms with Crippen LogP contribution in [0.4, 0.5) is 0 Å². The summed E-state index contributed by atoms with van der Waals surface area (Å²) < 4.78 is 5.51. The maximum absolute atomic E-state index is 9.35. The van der Waals surface area contributed by atoms with Gasteiger partial charge >= 0.3 is 0 Å². The highest BCUT2D eigenvalue weighted by atomic mass is 16.5. The zero-order valence-electron chi connectivity index (χ0n) is 11.2. The molecule has 0 atom stereocenters. The van der Waals surface area contributed by atoms with Crippen LogP contribution in [0.2, 0.25) is 0 Å². The van der Waals surface area contributed by atoms with Crippen molar-refractivity contribution >= 4 is 6.08 Å². The molecule has 0 saturated carbocycles. The Morgan fingerprint density at radius 1 is 0.950 bits per heavy atom. The fraction of sp³-hybridized carbons (Fsp3) is 0.176. The van der Waals surface area contributed by atoms with Crippen LogP contribution in [0.1, 0.15) is 11.1 Å². The van der Waals surface area contributed by atoms with E-state index in [1.165, 1.54) is 17.7 Å². The van der Waals surface area contributed by atoms with E-state index in [1.54, 1.807) is 6.07 Å². The first-order valence-electron chi connectivity index (χ1n) is 6.56. The highest BCUT2D eigenvalue weighted by Crippen LogP contribution is 2.25. The maximum Gasteiger partial charge on any atom is 0.157 e. The van der Waals surface area contributed by atoms with Gasteiger partial charge in [0, 0.05) is 0 Å². The summed E-state index contributed by atoms with van der Waals surface area (Å²) in [6, 6.07) is 14.9. The summed E-state index contributed by atoms with van der Waals surface area (Å²) >= 11 is 0. The van der Waals surface area contributed by atoms with Gasteiger partial charge in [0.05, 0.1) is 13.2 Å². The van der Waals surface area contributed by atoms with Crippen molar-refractivity contribution in [3.63, 3.8) is 0 Å². The van der Waals surface area contributed by atoms with Gasteiger partial charge in [0.25, 0.3) is 0 Å². The van der Waals surface area contributed by atoms with Gasteiger partial charge in [-0.1, -0.05) is 48.6 Å². The van der Waals surface area contributed by atoms with Crippen molar-refractivity contribution < 1.29 is 14.9 Å². The minimum atomic E-state index is -0.114. The Labute approximate surface area is 118 Å². The Balaban J connectivity index is 1.70. The summed E-state index contributed by atoms with van der Waals surface area (Å²) in [6.45, 7) is 1.20. The summed E-state index contributed by atoms with van der Waals surface area (Å²) in [6.07, 6.45) is 4.63. The molecule has 3 nitrogen and oxygen atoms in total. The summed E-state index contributed by atoms with van der Waals surface area (Å²) in [5.41, 5.74) is 2.09. The van der Waals surface area contributed by atoms with E-state index in [1.807, 2.05) is 30.4 Å². The second-order valence-electron chi connectivity index (χ2n) is 4.46. The van der Waals surface area contributed by atoms with Crippen molar-refractivity contribution in [2.45, 2.75) is 6.42 Å². The topological polar surface area (TPSA) is 49.7 Å². The summed E-state index contributed by atoms with van der Waals surface area (Å²) in [7, 11) is 0. The molecule has 0 amide bonds. The Bertz CT molecular complexity index is 562. The van der Waals surface area contributed by atoms with Gasteiger partial charge in [-0.15, -0.1) is 0 Å². The first-order valence-corrected chi connectivity index (χ1v) is 6.56. The predicted molar refractivity (Wildman–Crippen MR) is 79.8 cm³/mol. The second kappa shape index (κ2) is 7.36. The largest absolute Gasteiger partial charge is 0.504 e. The molecule has 2 N–H and O–H groups in total. The van der Waals surface area contributed by atoms with Crippen LogP contribution < -0.4 is 0 Å². The Kier molecular flexibility index (Phi) is 5.21. The average molecular weight is 270 g/mol. The first-order chi connectivity index (χ1) is 9.75. The molecule has 0 aliphatic rings. The van der Waals surface area contributed by atoms with Gasteiger partial charge in [0.2, 0.25) is 0 Å². The standard InChI is InChI=1S/C17H18O3/c18-16-9-8-15(13-17(16)19)7-4-11-20-12-10-14-5-2-1-3-6-14/h1-9,13,18-19H,10-12H2/b7-4+. The number of ether oxygens (including phenoxy) is 1. The van der Waals surface area contributed by atoms with Crippen molar-refractivity contribution in [1.29, 1.82) is 0 Å². The van der Waals surface area contributed by atoms with Gasteiger partial charge in [0.1, 0.15) is 0 Å². The van der Waals surface area contributed by atoms with Crippen LogP contribution >= 0.6 is 0 Å². The highest BCUT2D eigenvalue weighted by molar-refractivity contribution is 5.55. The molecule has 2 rings (SSSR count). The lowest BCUT2D eigenvalue weighted by atomic mass is 10.2. The van der Waals surface area contributed by atoms with Crippen LogP contribution in [0, 0.1) is 0 Å². The molecule has 3 heteroatoms. The van der Waals surface area contributed by atoms with Crippen molar-refractivity contribution in [1.82, 2.24) is 0 Å². The molecule has 2 aromatic rings. The lowest BCUT2D eigenvalue weighted by Crippen LogP contribution is -1.98. The molecule has 0 unspecified atom stereocenters. The highest BCUT2D eigenvalue weighted by Gasteiger charge is 1.97. The third kappa shape index (κ3) is 4.44. The molecule has 0 radical (unpaired) electrons. The molecule has 2 aromatic carbocycles. The van der Waals surface area contributed by atoms with Crippen molar-refractivity contribution in [2.24, 2.45) is 0 Å². The molecule has 104 valence electrons. The molecule has 0 bridgehead atoms. The fourth-order valence-electron chi connectivity index (χ4n) is 1.81. The summed E-state index contributed by atoms with van der Waals surface area (Å²) in [5.74, 6) is -0.224. The Hall–Kier alpha value is -2.26. The van der Waals surface area contributed by atoms with Gasteiger partial charge in [-0.2, -0.15) is 0 Å². The van der Waals surface area contributed by atoms with E-state index in [0.717, 1.165) is 12.0 Å². The molecule has 20 heavy (non-hydrogen) atoms. The van der Waals surface area contributed by atoms with Gasteiger partial charge in [0.15, 0.2) is 11.5 Å². The molecule has 0 spiro atoms. The molecular formula is C17H18O3. The molecule has 0 aromatic heterocycles. The molecule has 0 saturated heterocycles. The summed E-state index contributed by atoms with van der Waals surface area (Å²) in [4.78, 5) is 0. The van der Waals surface area contributed by atoms with Gasteiger partial charge in [-0.3, -0.25) is 0 Å². The number of phenolic OH excluding ortho intramolecular Hbond substituents is 2. The maximum atomic E-state index is 9.35. The summed E-state index contributed by atoms with van der Waals surface area (Å²) in [5, 5.41) is 18.5. The van der Waals surface area contributed by atoms with Gasteiger partial charge in [-0.25, -0.2) is 0 Å². The third-order valence-corrected chi connectivity index (χ3v) is 2.90. The molecule has 0 heterocycles. The lowest BCUT2D eigenvalue weighted by molar-refractivity contribution is 0.166. The zero-order valence-corrected chi connectivity index (χ0v) is 11.2. The van der Waals surface area contributed by atoms with Crippen molar-refractivity contribution in [3.05, 3.63) is 65.7 Å². The number of aromatic hydroxyl groups is 2. The number of hydrogen-bond acceptors (Lipinski definition) is 3. The van der Waals surface area contributed by atoms with E-state index in [0.29, 0.717) is 13.2 Å². The molecular weight excluding hydrogens is 252 g/mol.